The molecule has 1 saturated heterocycles. The zero-order valence-electron chi connectivity index (χ0n) is 6.76. The van der Waals surface area contributed by atoms with Crippen LogP contribution in [-0.4, -0.2) is 29.8 Å². The van der Waals surface area contributed by atoms with E-state index < -0.39 is 0 Å². The van der Waals surface area contributed by atoms with Crippen LogP contribution in [0.25, 0.3) is 0 Å². The first-order valence-corrected chi connectivity index (χ1v) is 3.96. The predicted molar refractivity (Wildman–Crippen MR) is 41.0 cm³/mol. The molecule has 58 valence electrons. The molecule has 1 heterocycles. The van der Waals surface area contributed by atoms with Crippen molar-refractivity contribution in [2.24, 2.45) is 0 Å². The summed E-state index contributed by atoms with van der Waals surface area (Å²) in [5.74, 6) is 0.293. The highest BCUT2D eigenvalue weighted by Crippen LogP contribution is 2.11. The lowest BCUT2D eigenvalue weighted by molar-refractivity contribution is -0.121. The van der Waals surface area contributed by atoms with Crippen LogP contribution >= 0.6 is 0 Å². The van der Waals surface area contributed by atoms with Crippen LogP contribution in [0.2, 0.25) is 0 Å². The highest BCUT2D eigenvalue weighted by molar-refractivity contribution is 5.80. The molecule has 0 unspecified atom stereocenters. The van der Waals surface area contributed by atoms with Gasteiger partial charge in [0.2, 0.25) is 0 Å². The molecule has 2 nitrogen and oxygen atoms in total. The van der Waals surface area contributed by atoms with Gasteiger partial charge in [-0.1, -0.05) is 0 Å². The molecule has 0 aliphatic carbocycles. The maximum atomic E-state index is 10.9. The lowest BCUT2D eigenvalue weighted by atomic mass is 10.2. The van der Waals surface area contributed by atoms with E-state index in [2.05, 4.69) is 4.90 Å². The molecule has 1 fully saturated rings. The van der Waals surface area contributed by atoms with E-state index in [0.29, 0.717) is 5.78 Å². The van der Waals surface area contributed by atoms with E-state index in [9.17, 15) is 4.79 Å². The maximum absolute atomic E-state index is 10.9. The summed E-state index contributed by atoms with van der Waals surface area (Å²) in [5, 5.41) is 0. The fraction of sp³-hybridized carbons (Fsp3) is 0.875. The van der Waals surface area contributed by atoms with Crippen LogP contribution in [0.15, 0.2) is 0 Å². The Morgan fingerprint density at radius 3 is 2.30 bits per heavy atom. The van der Waals surface area contributed by atoms with Crippen LogP contribution in [0, 0.1) is 0 Å². The summed E-state index contributed by atoms with van der Waals surface area (Å²) in [6.45, 7) is 5.89. The van der Waals surface area contributed by atoms with E-state index in [4.69, 9.17) is 0 Å². The Bertz CT molecular complexity index is 127. The summed E-state index contributed by atoms with van der Waals surface area (Å²) in [6, 6.07) is 0.155. The van der Waals surface area contributed by atoms with Crippen LogP contribution in [-0.2, 0) is 4.79 Å². The Labute approximate surface area is 62.2 Å². The maximum Gasteiger partial charge on any atom is 0.146 e. The Morgan fingerprint density at radius 2 is 1.90 bits per heavy atom. The number of carbonyl (C=O) groups is 1. The van der Waals surface area contributed by atoms with Gasteiger partial charge in [-0.15, -0.1) is 0 Å². The molecule has 0 spiro atoms. The molecule has 0 radical (unpaired) electrons. The minimum atomic E-state index is 0.155. The first kappa shape index (κ1) is 7.73. The summed E-state index contributed by atoms with van der Waals surface area (Å²) in [6.07, 6.45) is 2.52. The van der Waals surface area contributed by atoms with Gasteiger partial charge in [0, 0.05) is 0 Å². The molecule has 1 rings (SSSR count). The van der Waals surface area contributed by atoms with Crippen molar-refractivity contribution in [1.82, 2.24) is 4.90 Å². The zero-order valence-corrected chi connectivity index (χ0v) is 6.76. The van der Waals surface area contributed by atoms with Gasteiger partial charge in [0.15, 0.2) is 0 Å². The first-order valence-electron chi connectivity index (χ1n) is 3.96. The van der Waals surface area contributed by atoms with Crippen molar-refractivity contribution < 1.29 is 4.79 Å². The first-order chi connectivity index (χ1) is 4.72. The van der Waals surface area contributed by atoms with Crippen molar-refractivity contribution in [3.8, 4) is 0 Å². The van der Waals surface area contributed by atoms with E-state index in [1.165, 1.54) is 12.8 Å². The smallest absolute Gasteiger partial charge is 0.146 e. The molecule has 0 amide bonds. The summed E-state index contributed by atoms with van der Waals surface area (Å²) in [4.78, 5) is 13.1. The Hall–Kier alpha value is -0.370. The number of nitrogens with zero attached hydrogens (tertiary/aromatic N) is 1. The molecular weight excluding hydrogens is 126 g/mol. The average Bonchev–Trinajstić information content (AvgIpc) is 2.36. The number of carbonyl (C=O) groups excluding carboxylic acids is 1. The highest BCUT2D eigenvalue weighted by atomic mass is 16.1. The van der Waals surface area contributed by atoms with E-state index in [0.717, 1.165) is 13.1 Å². The summed E-state index contributed by atoms with van der Waals surface area (Å²) < 4.78 is 0. The second kappa shape index (κ2) is 3.15. The number of likely N-dealkylation sites (tertiary alicyclic amines) is 1. The summed E-state index contributed by atoms with van der Waals surface area (Å²) in [5.41, 5.74) is 0. The van der Waals surface area contributed by atoms with E-state index in [-0.39, 0.29) is 6.04 Å². The Balaban J connectivity index is 2.39. The van der Waals surface area contributed by atoms with Gasteiger partial charge in [-0.05, 0) is 39.8 Å². The molecule has 1 aliphatic rings. The van der Waals surface area contributed by atoms with Crippen LogP contribution in [0.3, 0.4) is 0 Å². The van der Waals surface area contributed by atoms with E-state index in [1.54, 1.807) is 6.92 Å². The third-order valence-electron chi connectivity index (χ3n) is 2.28. The van der Waals surface area contributed by atoms with E-state index >= 15 is 0 Å². The predicted octanol–water partition coefficient (Wildman–Crippen LogP) is 1.06. The van der Waals surface area contributed by atoms with Crippen LogP contribution < -0.4 is 0 Å². The largest absolute Gasteiger partial charge is 0.298 e. The lowest BCUT2D eigenvalue weighted by Crippen LogP contribution is -2.35. The SMILES string of the molecule is CC(=O)[C@H](C)N1CCCC1. The number of hydrogen-bond acceptors (Lipinski definition) is 2. The third kappa shape index (κ3) is 1.57. The lowest BCUT2D eigenvalue weighted by Gasteiger charge is -2.20. The third-order valence-corrected chi connectivity index (χ3v) is 2.28. The summed E-state index contributed by atoms with van der Waals surface area (Å²) in [7, 11) is 0. The number of Topliss-reactive ketones (excluding diaryl/α,β-unsaturated/α-hetero) is 1. The standard InChI is InChI=1S/C8H15NO/c1-7(8(2)10)9-5-3-4-6-9/h7H,3-6H2,1-2H3/t7-/m0/s1. The molecule has 10 heavy (non-hydrogen) atoms. The zero-order chi connectivity index (χ0) is 7.56. The van der Waals surface area contributed by atoms with Crippen LogP contribution in [0.4, 0.5) is 0 Å². The van der Waals surface area contributed by atoms with Gasteiger partial charge in [0.05, 0.1) is 6.04 Å². The molecule has 0 saturated carbocycles. The molecule has 0 aromatic carbocycles. The molecule has 0 aromatic heterocycles. The van der Waals surface area contributed by atoms with E-state index in [1.807, 2.05) is 6.92 Å². The van der Waals surface area contributed by atoms with Crippen molar-refractivity contribution in [1.29, 1.82) is 0 Å². The highest BCUT2D eigenvalue weighted by Gasteiger charge is 2.20. The molecule has 1 aliphatic heterocycles. The second-order valence-corrected chi connectivity index (χ2v) is 3.03. The second-order valence-electron chi connectivity index (χ2n) is 3.03. The average molecular weight is 141 g/mol. The Kier molecular flexibility index (Phi) is 2.44. The number of hydrogen-bond donors (Lipinski definition) is 0. The van der Waals surface area contributed by atoms with Gasteiger partial charge < -0.3 is 0 Å². The van der Waals surface area contributed by atoms with Crippen molar-refractivity contribution in [3.63, 3.8) is 0 Å². The molecule has 0 aromatic rings. The van der Waals surface area contributed by atoms with Crippen LogP contribution in [0.5, 0.6) is 0 Å². The van der Waals surface area contributed by atoms with Crippen molar-refractivity contribution in [3.05, 3.63) is 0 Å². The van der Waals surface area contributed by atoms with Gasteiger partial charge in [-0.25, -0.2) is 0 Å². The summed E-state index contributed by atoms with van der Waals surface area (Å²) >= 11 is 0. The van der Waals surface area contributed by atoms with Gasteiger partial charge in [0.1, 0.15) is 5.78 Å². The number of rotatable bonds is 2. The molecule has 1 atom stereocenters. The van der Waals surface area contributed by atoms with Crippen molar-refractivity contribution >= 4 is 5.78 Å². The van der Waals surface area contributed by atoms with Gasteiger partial charge in [-0.2, -0.15) is 0 Å². The quantitative estimate of drug-likeness (QED) is 0.573. The minimum Gasteiger partial charge on any atom is -0.298 e. The topological polar surface area (TPSA) is 20.3 Å². The fourth-order valence-electron chi connectivity index (χ4n) is 1.39. The number of ketones is 1. The molecule has 0 bridgehead atoms. The molecular formula is C8H15NO. The van der Waals surface area contributed by atoms with Crippen molar-refractivity contribution in [2.45, 2.75) is 32.7 Å². The monoisotopic (exact) mass is 141 g/mol. The normalized spacial score (nSPS) is 23.0. The fourth-order valence-corrected chi connectivity index (χ4v) is 1.39. The van der Waals surface area contributed by atoms with Gasteiger partial charge in [0.25, 0.3) is 0 Å². The van der Waals surface area contributed by atoms with Gasteiger partial charge >= 0.3 is 0 Å². The Morgan fingerprint density at radius 1 is 1.40 bits per heavy atom. The van der Waals surface area contributed by atoms with Crippen LogP contribution in [0.1, 0.15) is 26.7 Å². The molecule has 2 heteroatoms. The van der Waals surface area contributed by atoms with Crippen molar-refractivity contribution in [2.75, 3.05) is 13.1 Å². The van der Waals surface area contributed by atoms with Gasteiger partial charge in [-0.3, -0.25) is 9.69 Å². The molecule has 0 N–H and O–H groups in total. The minimum absolute atomic E-state index is 0.155.